The van der Waals surface area contributed by atoms with Crippen LogP contribution in [-0.4, -0.2) is 29.1 Å². The van der Waals surface area contributed by atoms with Gasteiger partial charge in [0.2, 0.25) is 0 Å². The van der Waals surface area contributed by atoms with Gasteiger partial charge in [-0.05, 0) is 50.6 Å². The smallest absolute Gasteiger partial charge is 0.416 e. The molecule has 1 unspecified atom stereocenters. The molecule has 1 aliphatic heterocycles. The number of aliphatic carboxylic acids is 1. The average molecular weight is 514 g/mol. The molecule has 1 heterocycles. The molecular formula is C26H28Cl2F3NO2. The molecule has 3 rings (SSSR count). The highest BCUT2D eigenvalue weighted by atomic mass is 35.5. The van der Waals surface area contributed by atoms with E-state index < -0.39 is 17.7 Å². The van der Waals surface area contributed by atoms with Crippen LogP contribution in [0.1, 0.15) is 50.3 Å². The molecule has 1 atom stereocenters. The van der Waals surface area contributed by atoms with Crippen molar-refractivity contribution < 1.29 is 23.1 Å². The van der Waals surface area contributed by atoms with Gasteiger partial charge in [-0.15, -0.1) is 0 Å². The zero-order chi connectivity index (χ0) is 25.7. The molecule has 0 aliphatic carbocycles. The Balaban J connectivity index is 0.000000343. The molecule has 2 aromatic rings. The summed E-state index contributed by atoms with van der Waals surface area (Å²) in [6, 6.07) is 12.0. The van der Waals surface area contributed by atoms with Crippen LogP contribution in [0.5, 0.6) is 0 Å². The van der Waals surface area contributed by atoms with E-state index in [9.17, 15) is 13.2 Å². The van der Waals surface area contributed by atoms with E-state index in [-0.39, 0.29) is 6.04 Å². The molecule has 1 saturated heterocycles. The molecule has 1 fully saturated rings. The second-order valence-corrected chi connectivity index (χ2v) is 8.44. The van der Waals surface area contributed by atoms with Crippen LogP contribution in [0.2, 0.25) is 10.0 Å². The Morgan fingerprint density at radius 1 is 1.06 bits per heavy atom. The summed E-state index contributed by atoms with van der Waals surface area (Å²) >= 11 is 12.3. The highest BCUT2D eigenvalue weighted by Gasteiger charge is 2.29. The lowest BCUT2D eigenvalue weighted by Gasteiger charge is -2.32. The molecule has 1 N–H and O–H groups in total. The number of carboxylic acids is 1. The Hall–Kier alpha value is -2.46. The number of carbonyl (C=O) groups is 1. The van der Waals surface area contributed by atoms with Gasteiger partial charge in [-0.25, -0.2) is 0 Å². The minimum Gasteiger partial charge on any atom is -0.481 e. The number of nitrogens with zero attached hydrogens (tertiary/aromatic N) is 1. The lowest BCUT2D eigenvalue weighted by molar-refractivity contribution is -0.137. The molecule has 3 nitrogen and oxygen atoms in total. The van der Waals surface area contributed by atoms with E-state index in [0.29, 0.717) is 10.0 Å². The number of benzene rings is 2. The molecule has 8 heteroatoms. The first-order valence-electron chi connectivity index (χ1n) is 10.6. The minimum atomic E-state index is -4.21. The maximum absolute atomic E-state index is 11.8. The van der Waals surface area contributed by atoms with Crippen LogP contribution < -0.4 is 0 Å². The Labute approximate surface area is 209 Å². The van der Waals surface area contributed by atoms with Gasteiger partial charge in [0.25, 0.3) is 5.97 Å². The number of hydrogen-bond acceptors (Lipinski definition) is 2. The topological polar surface area (TPSA) is 40.5 Å². The summed E-state index contributed by atoms with van der Waals surface area (Å²) in [5, 5.41) is 8.76. The standard InChI is InChI=1S/C17H19Cl2N.C7H5F3.C2H4O2/c1-13(2)6-9-17(20-10-4-3-5-11-20)15-8-7-14(18)12-16(15)19;8-7(9,10)6-4-2-1-3-5-6;1-2(3)4/h7-8,12,17H,1,3-5,10-11H2,2H3;1-5H;1H3,(H,3,4). The van der Waals surface area contributed by atoms with Crippen LogP contribution >= 0.6 is 23.2 Å². The van der Waals surface area contributed by atoms with E-state index in [2.05, 4.69) is 23.3 Å². The SMILES string of the molecule is C=C(C)C#CC(c1ccc(Cl)cc1Cl)N1CCCCC1.CC(=O)O.FC(F)(F)c1ccccc1. The maximum atomic E-state index is 11.8. The van der Waals surface area contributed by atoms with Gasteiger partial charge in [0, 0.05) is 22.5 Å². The average Bonchev–Trinajstić information content (AvgIpc) is 2.76. The third-order valence-corrected chi connectivity index (χ3v) is 5.10. The van der Waals surface area contributed by atoms with E-state index in [4.69, 9.17) is 33.1 Å². The highest BCUT2D eigenvalue weighted by molar-refractivity contribution is 6.35. The second kappa shape index (κ2) is 14.7. The number of alkyl halides is 3. The second-order valence-electron chi connectivity index (χ2n) is 7.60. The number of rotatable bonds is 2. The van der Waals surface area contributed by atoms with Gasteiger partial charge < -0.3 is 5.11 Å². The van der Waals surface area contributed by atoms with Gasteiger partial charge in [-0.3, -0.25) is 9.69 Å². The summed E-state index contributed by atoms with van der Waals surface area (Å²) in [4.78, 5) is 11.4. The van der Waals surface area contributed by atoms with Crippen molar-refractivity contribution >= 4 is 29.2 Å². The first kappa shape index (κ1) is 29.6. The first-order chi connectivity index (χ1) is 15.9. The van der Waals surface area contributed by atoms with Crippen LogP contribution in [0.3, 0.4) is 0 Å². The van der Waals surface area contributed by atoms with E-state index >= 15 is 0 Å². The number of piperidine rings is 1. The van der Waals surface area contributed by atoms with Gasteiger partial charge in [0.1, 0.15) is 0 Å². The molecular weight excluding hydrogens is 486 g/mol. The first-order valence-corrected chi connectivity index (χ1v) is 11.3. The van der Waals surface area contributed by atoms with Crippen molar-refractivity contribution in [3.05, 3.63) is 81.9 Å². The summed E-state index contributed by atoms with van der Waals surface area (Å²) in [6.07, 6.45) is -0.473. The molecule has 0 spiro atoms. The largest absolute Gasteiger partial charge is 0.481 e. The predicted octanol–water partition coefficient (Wildman–Crippen LogP) is 7.90. The quantitative estimate of drug-likeness (QED) is 0.415. The van der Waals surface area contributed by atoms with Crippen molar-refractivity contribution in [2.24, 2.45) is 0 Å². The van der Waals surface area contributed by atoms with Crippen molar-refractivity contribution in [3.63, 3.8) is 0 Å². The zero-order valence-electron chi connectivity index (χ0n) is 19.1. The normalized spacial score (nSPS) is 14.2. The molecule has 2 aromatic carbocycles. The summed E-state index contributed by atoms with van der Waals surface area (Å²) in [5.41, 5.74) is 1.30. The number of likely N-dealkylation sites (tertiary alicyclic amines) is 1. The van der Waals surface area contributed by atoms with Crippen LogP contribution in [0, 0.1) is 11.8 Å². The summed E-state index contributed by atoms with van der Waals surface area (Å²) < 4.78 is 35.4. The van der Waals surface area contributed by atoms with Crippen LogP contribution in [0.25, 0.3) is 0 Å². The zero-order valence-corrected chi connectivity index (χ0v) is 20.6. The molecule has 0 saturated carbocycles. The molecule has 0 amide bonds. The third-order valence-electron chi connectivity index (χ3n) is 4.54. The fourth-order valence-corrected chi connectivity index (χ4v) is 3.60. The van der Waals surface area contributed by atoms with E-state index in [1.807, 2.05) is 19.1 Å². The Bertz CT molecular complexity index is 989. The van der Waals surface area contributed by atoms with Crippen LogP contribution in [0.15, 0.2) is 60.7 Å². The Morgan fingerprint density at radius 3 is 2.06 bits per heavy atom. The fourth-order valence-electron chi connectivity index (χ4n) is 3.08. The van der Waals surface area contributed by atoms with Crippen molar-refractivity contribution in [1.29, 1.82) is 0 Å². The van der Waals surface area contributed by atoms with Crippen molar-refractivity contribution in [2.75, 3.05) is 13.1 Å². The molecule has 34 heavy (non-hydrogen) atoms. The van der Waals surface area contributed by atoms with Gasteiger partial charge in [0.05, 0.1) is 11.6 Å². The van der Waals surface area contributed by atoms with Crippen molar-refractivity contribution in [3.8, 4) is 11.8 Å². The summed E-state index contributed by atoms with van der Waals surface area (Å²) in [5.74, 6) is 5.59. The Morgan fingerprint density at radius 2 is 1.62 bits per heavy atom. The number of hydrogen-bond donors (Lipinski definition) is 1. The van der Waals surface area contributed by atoms with Gasteiger partial charge in [0.15, 0.2) is 0 Å². The van der Waals surface area contributed by atoms with E-state index in [1.165, 1.54) is 31.4 Å². The summed E-state index contributed by atoms with van der Waals surface area (Å²) in [7, 11) is 0. The van der Waals surface area contributed by atoms with Gasteiger partial charge in [-0.1, -0.05) is 84.4 Å². The molecule has 0 aromatic heterocycles. The number of carboxylic acid groups (broad SMARTS) is 1. The third kappa shape index (κ3) is 11.6. The molecule has 184 valence electrons. The lowest BCUT2D eigenvalue weighted by atomic mass is 10.0. The highest BCUT2D eigenvalue weighted by Crippen LogP contribution is 2.31. The minimum absolute atomic E-state index is 0.0248. The number of allylic oxidation sites excluding steroid dienone is 1. The van der Waals surface area contributed by atoms with Gasteiger partial charge >= 0.3 is 6.18 Å². The van der Waals surface area contributed by atoms with E-state index in [0.717, 1.165) is 43.3 Å². The van der Waals surface area contributed by atoms with Gasteiger partial charge in [-0.2, -0.15) is 13.2 Å². The fraction of sp³-hybridized carbons (Fsp3) is 0.346. The molecule has 0 radical (unpaired) electrons. The Kier molecular flexibility index (Phi) is 12.8. The lowest BCUT2D eigenvalue weighted by Crippen LogP contribution is -2.33. The predicted molar refractivity (Wildman–Crippen MR) is 132 cm³/mol. The molecule has 0 bridgehead atoms. The van der Waals surface area contributed by atoms with Crippen molar-refractivity contribution in [2.45, 2.75) is 45.3 Å². The monoisotopic (exact) mass is 513 g/mol. The van der Waals surface area contributed by atoms with Crippen molar-refractivity contribution in [1.82, 2.24) is 4.90 Å². The van der Waals surface area contributed by atoms with E-state index in [1.54, 1.807) is 12.1 Å². The number of halogens is 5. The molecule has 1 aliphatic rings. The summed E-state index contributed by atoms with van der Waals surface area (Å²) in [6.45, 7) is 8.99. The maximum Gasteiger partial charge on any atom is 0.416 e. The van der Waals surface area contributed by atoms with Crippen LogP contribution in [-0.2, 0) is 11.0 Å². The van der Waals surface area contributed by atoms with Crippen LogP contribution in [0.4, 0.5) is 13.2 Å².